The highest BCUT2D eigenvalue weighted by Crippen LogP contribution is 2.31. The Morgan fingerprint density at radius 2 is 1.97 bits per heavy atom. The minimum Gasteiger partial charge on any atom is -0.490 e. The number of fused-ring (bicyclic) bond motifs is 7. The van der Waals surface area contributed by atoms with Gasteiger partial charge in [-0.3, -0.25) is 0 Å². The number of halogens is 2. The van der Waals surface area contributed by atoms with Crippen molar-refractivity contribution in [3.8, 4) is 22.8 Å². The van der Waals surface area contributed by atoms with Crippen LogP contribution in [-0.2, 0) is 5.75 Å². The standard InChI is InChI=1S/C24H25F2N3O2S/c1-15-5-3-4-8-30-21-11-17(6-7-19(21)25)18-12-22(27-13-20(18)26)28-23-9-16(14-32-2)10-24(29-23)31-15/h6-7,9-13,15H,3-5,8,14H2,1-2H3,(H,27,28,29). The first-order chi connectivity index (χ1) is 15.5. The van der Waals surface area contributed by atoms with Crippen molar-refractivity contribution in [1.29, 1.82) is 0 Å². The number of thioether (sulfide) groups is 1. The smallest absolute Gasteiger partial charge is 0.215 e. The molecule has 0 spiro atoms. The molecule has 0 saturated carbocycles. The Bertz CT molecular complexity index is 1100. The minimum atomic E-state index is -0.507. The monoisotopic (exact) mass is 457 g/mol. The van der Waals surface area contributed by atoms with Crippen LogP contribution in [0.1, 0.15) is 31.7 Å². The lowest BCUT2D eigenvalue weighted by Gasteiger charge is -2.16. The summed E-state index contributed by atoms with van der Waals surface area (Å²) < 4.78 is 40.5. The Kier molecular flexibility index (Phi) is 7.09. The molecule has 0 fully saturated rings. The summed E-state index contributed by atoms with van der Waals surface area (Å²) in [6.07, 6.45) is 5.56. The first kappa shape index (κ1) is 22.3. The number of rotatable bonds is 2. The van der Waals surface area contributed by atoms with E-state index < -0.39 is 11.6 Å². The van der Waals surface area contributed by atoms with Gasteiger partial charge in [0.2, 0.25) is 5.88 Å². The van der Waals surface area contributed by atoms with Crippen LogP contribution in [0.5, 0.6) is 11.6 Å². The van der Waals surface area contributed by atoms with E-state index in [2.05, 4.69) is 15.3 Å². The van der Waals surface area contributed by atoms with Crippen LogP contribution < -0.4 is 14.8 Å². The van der Waals surface area contributed by atoms with Crippen LogP contribution in [-0.4, -0.2) is 28.9 Å². The number of pyridine rings is 2. The van der Waals surface area contributed by atoms with Crippen molar-refractivity contribution in [2.75, 3.05) is 18.2 Å². The molecular formula is C24H25F2N3O2S. The van der Waals surface area contributed by atoms with E-state index in [1.165, 1.54) is 18.2 Å². The van der Waals surface area contributed by atoms with Gasteiger partial charge in [-0.1, -0.05) is 6.07 Å². The lowest BCUT2D eigenvalue weighted by atomic mass is 10.1. The number of benzene rings is 1. The van der Waals surface area contributed by atoms with Crippen molar-refractivity contribution in [2.45, 2.75) is 38.0 Å². The van der Waals surface area contributed by atoms with Crippen molar-refractivity contribution < 1.29 is 18.3 Å². The molecule has 6 bridgehead atoms. The molecule has 0 radical (unpaired) electrons. The highest BCUT2D eigenvalue weighted by Gasteiger charge is 2.14. The van der Waals surface area contributed by atoms with Gasteiger partial charge in [0.05, 0.1) is 18.9 Å². The van der Waals surface area contributed by atoms with E-state index >= 15 is 0 Å². The Morgan fingerprint density at radius 3 is 2.81 bits per heavy atom. The molecule has 1 aliphatic rings. The summed E-state index contributed by atoms with van der Waals surface area (Å²) in [5.74, 6) is 1.45. The highest BCUT2D eigenvalue weighted by atomic mass is 32.2. The predicted molar refractivity (Wildman–Crippen MR) is 124 cm³/mol. The van der Waals surface area contributed by atoms with Crippen LogP contribution in [0.2, 0.25) is 0 Å². The van der Waals surface area contributed by atoms with Crippen molar-refractivity contribution in [3.05, 3.63) is 59.8 Å². The van der Waals surface area contributed by atoms with E-state index in [-0.39, 0.29) is 11.9 Å². The predicted octanol–water partition coefficient (Wildman–Crippen LogP) is 6.36. The summed E-state index contributed by atoms with van der Waals surface area (Å²) in [5, 5.41) is 3.15. The van der Waals surface area contributed by atoms with Gasteiger partial charge in [0.1, 0.15) is 17.5 Å². The van der Waals surface area contributed by atoms with Gasteiger partial charge in [-0.2, -0.15) is 16.7 Å². The summed E-state index contributed by atoms with van der Waals surface area (Å²) in [7, 11) is 0. The molecule has 0 amide bonds. The first-order valence-corrected chi connectivity index (χ1v) is 11.9. The van der Waals surface area contributed by atoms with E-state index in [1.54, 1.807) is 17.8 Å². The third-order valence-electron chi connectivity index (χ3n) is 5.11. The molecule has 1 atom stereocenters. The van der Waals surface area contributed by atoms with Gasteiger partial charge in [0.25, 0.3) is 0 Å². The van der Waals surface area contributed by atoms with E-state index in [0.717, 1.165) is 36.8 Å². The first-order valence-electron chi connectivity index (χ1n) is 10.5. The fourth-order valence-corrected chi connectivity index (χ4v) is 4.06. The Hall–Kier alpha value is -2.87. The quantitative estimate of drug-likeness (QED) is 0.483. The zero-order chi connectivity index (χ0) is 22.5. The molecule has 32 heavy (non-hydrogen) atoms. The summed E-state index contributed by atoms with van der Waals surface area (Å²) in [6.45, 7) is 2.37. The average Bonchev–Trinajstić information content (AvgIpc) is 2.76. The summed E-state index contributed by atoms with van der Waals surface area (Å²) in [4.78, 5) is 8.73. The van der Waals surface area contributed by atoms with Gasteiger partial charge in [0, 0.05) is 17.4 Å². The maximum Gasteiger partial charge on any atom is 0.215 e. The van der Waals surface area contributed by atoms with Crippen LogP contribution in [0.25, 0.3) is 11.1 Å². The Balaban J connectivity index is 1.75. The molecular weight excluding hydrogens is 432 g/mol. The lowest BCUT2D eigenvalue weighted by molar-refractivity contribution is 0.193. The van der Waals surface area contributed by atoms with E-state index in [9.17, 15) is 8.78 Å². The summed E-state index contributed by atoms with van der Waals surface area (Å²) in [6, 6.07) is 9.79. The van der Waals surface area contributed by atoms with Crippen LogP contribution in [0, 0.1) is 11.6 Å². The van der Waals surface area contributed by atoms with Gasteiger partial charge in [-0.15, -0.1) is 0 Å². The van der Waals surface area contributed by atoms with Crippen molar-refractivity contribution >= 4 is 23.4 Å². The van der Waals surface area contributed by atoms with Crippen LogP contribution in [0.3, 0.4) is 0 Å². The fourth-order valence-electron chi connectivity index (χ4n) is 3.56. The van der Waals surface area contributed by atoms with E-state index in [0.29, 0.717) is 35.2 Å². The second-order valence-corrected chi connectivity index (χ2v) is 8.59. The number of nitrogens with one attached hydrogen (secondary N) is 1. The second-order valence-electron chi connectivity index (χ2n) is 7.72. The molecule has 1 unspecified atom stereocenters. The molecule has 3 aromatic rings. The molecule has 3 heterocycles. The summed E-state index contributed by atoms with van der Waals surface area (Å²) >= 11 is 1.70. The number of hydrogen-bond acceptors (Lipinski definition) is 6. The van der Waals surface area contributed by atoms with Gasteiger partial charge >= 0.3 is 0 Å². The van der Waals surface area contributed by atoms with Crippen LogP contribution >= 0.6 is 11.8 Å². The van der Waals surface area contributed by atoms with E-state index in [1.807, 2.05) is 25.3 Å². The summed E-state index contributed by atoms with van der Waals surface area (Å²) in [5.41, 5.74) is 1.87. The van der Waals surface area contributed by atoms with Crippen molar-refractivity contribution in [3.63, 3.8) is 0 Å². The van der Waals surface area contributed by atoms with Gasteiger partial charge in [-0.25, -0.2) is 13.8 Å². The third-order valence-corrected chi connectivity index (χ3v) is 5.73. The highest BCUT2D eigenvalue weighted by molar-refractivity contribution is 7.97. The maximum atomic E-state index is 14.6. The lowest BCUT2D eigenvalue weighted by Crippen LogP contribution is -2.13. The molecule has 2 aromatic heterocycles. The SMILES string of the molecule is CSCc1cc2nc(c1)OC(C)CCCCOc1cc(ccc1F)-c1cc(ncc1F)N2. The van der Waals surface area contributed by atoms with Crippen LogP contribution in [0.15, 0.2) is 42.6 Å². The van der Waals surface area contributed by atoms with Gasteiger partial charge in [0.15, 0.2) is 11.6 Å². The third kappa shape index (κ3) is 5.48. The average molecular weight is 458 g/mol. The number of hydrogen-bond donors (Lipinski definition) is 1. The normalized spacial score (nSPS) is 16.3. The molecule has 4 rings (SSSR count). The molecule has 1 aromatic carbocycles. The molecule has 8 heteroatoms. The zero-order valence-corrected chi connectivity index (χ0v) is 18.8. The number of ether oxygens (including phenoxy) is 2. The van der Waals surface area contributed by atoms with Gasteiger partial charge < -0.3 is 14.8 Å². The van der Waals surface area contributed by atoms with Crippen molar-refractivity contribution in [2.24, 2.45) is 0 Å². The Labute approximate surface area is 190 Å². The minimum absolute atomic E-state index is 0.0359. The molecule has 5 nitrogen and oxygen atoms in total. The van der Waals surface area contributed by atoms with Crippen molar-refractivity contribution in [1.82, 2.24) is 9.97 Å². The molecule has 0 aliphatic carbocycles. The molecule has 0 saturated heterocycles. The molecule has 168 valence electrons. The Morgan fingerprint density at radius 1 is 1.09 bits per heavy atom. The maximum absolute atomic E-state index is 14.6. The second kappa shape index (κ2) is 10.2. The number of aromatic nitrogens is 2. The number of nitrogens with zero attached hydrogens (tertiary/aromatic N) is 2. The van der Waals surface area contributed by atoms with E-state index in [4.69, 9.17) is 9.47 Å². The number of anilines is 2. The largest absolute Gasteiger partial charge is 0.490 e. The topological polar surface area (TPSA) is 56.3 Å². The molecule has 1 aliphatic heterocycles. The molecule has 1 N–H and O–H groups in total. The van der Waals surface area contributed by atoms with Crippen LogP contribution in [0.4, 0.5) is 20.4 Å². The zero-order valence-electron chi connectivity index (χ0n) is 18.0. The fraction of sp³-hybridized carbons (Fsp3) is 0.333. The van der Waals surface area contributed by atoms with Gasteiger partial charge in [-0.05, 0) is 67.8 Å².